The largest absolute Gasteiger partial charge is 0.491 e. The average Bonchev–Trinajstić information content (AvgIpc) is 3.01. The third-order valence-electron chi connectivity index (χ3n) is 7.43. The molecule has 2 aliphatic rings. The quantitative estimate of drug-likeness (QED) is 0.444. The molecule has 1 saturated carbocycles. The molecule has 1 spiro atoms. The van der Waals surface area contributed by atoms with E-state index >= 15 is 0 Å². The molecule has 1 saturated heterocycles. The average molecular weight is 445 g/mol. The summed E-state index contributed by atoms with van der Waals surface area (Å²) in [6, 6.07) is 6.28. The molecule has 2 fully saturated rings. The number of Topliss-reactive ketones (excluding diaryl/α,β-unsaturated/α-hetero) is 1. The molecule has 0 bridgehead atoms. The van der Waals surface area contributed by atoms with Crippen LogP contribution in [0.2, 0.25) is 0 Å². The number of hydrogen-bond donors (Lipinski definition) is 2. The maximum absolute atomic E-state index is 13.1. The van der Waals surface area contributed by atoms with Crippen LogP contribution in [0.3, 0.4) is 0 Å². The van der Waals surface area contributed by atoms with Gasteiger partial charge in [0.05, 0.1) is 6.54 Å². The molecular weight excluding hydrogens is 408 g/mol. The van der Waals surface area contributed by atoms with E-state index in [4.69, 9.17) is 4.74 Å². The molecule has 32 heavy (non-hydrogen) atoms. The summed E-state index contributed by atoms with van der Waals surface area (Å²) in [4.78, 5) is 38.5. The molecular formula is C25H36N2O5. The van der Waals surface area contributed by atoms with Crippen molar-refractivity contribution in [2.45, 2.75) is 77.9 Å². The second kappa shape index (κ2) is 9.61. The second-order valence-electron chi connectivity index (χ2n) is 9.81. The first-order chi connectivity index (χ1) is 15.1. The smallest absolute Gasteiger partial charge is 0.325 e. The number of nitrogens with zero attached hydrogens (tertiary/aromatic N) is 1. The Kier molecular flexibility index (Phi) is 7.28. The topological polar surface area (TPSA) is 95.9 Å². The fourth-order valence-electron chi connectivity index (χ4n) is 4.76. The fourth-order valence-corrected chi connectivity index (χ4v) is 4.76. The molecule has 3 rings (SSSR count). The molecule has 1 aliphatic heterocycles. The maximum atomic E-state index is 13.1. The van der Waals surface area contributed by atoms with Gasteiger partial charge in [-0.1, -0.05) is 34.1 Å². The van der Waals surface area contributed by atoms with E-state index in [1.165, 1.54) is 0 Å². The number of hydrogen-bond acceptors (Lipinski definition) is 5. The summed E-state index contributed by atoms with van der Waals surface area (Å²) in [5, 5.41) is 13.3. The van der Waals surface area contributed by atoms with Crippen LogP contribution in [-0.4, -0.2) is 52.5 Å². The number of imide groups is 1. The summed E-state index contributed by atoms with van der Waals surface area (Å²) in [7, 11) is 0. The minimum Gasteiger partial charge on any atom is -0.491 e. The van der Waals surface area contributed by atoms with E-state index in [9.17, 15) is 19.5 Å². The number of β-amino-alcohol motifs (C(OH)–C–C–N with tert-alkyl or cyclic N) is 1. The Balaban J connectivity index is 1.53. The zero-order valence-corrected chi connectivity index (χ0v) is 19.6. The molecule has 1 aromatic rings. The monoisotopic (exact) mass is 444 g/mol. The molecule has 7 nitrogen and oxygen atoms in total. The number of carbonyl (C=O) groups is 3. The summed E-state index contributed by atoms with van der Waals surface area (Å²) in [5.41, 5.74) is 0.00405. The van der Waals surface area contributed by atoms with E-state index in [1.807, 2.05) is 0 Å². The summed E-state index contributed by atoms with van der Waals surface area (Å²) >= 11 is 0. The number of aliphatic hydroxyl groups is 1. The number of nitrogens with one attached hydrogen (secondary N) is 1. The lowest BCUT2D eigenvalue weighted by atomic mass is 9.65. The molecule has 2 N–H and O–H groups in total. The lowest BCUT2D eigenvalue weighted by molar-refractivity contribution is -0.134. The van der Waals surface area contributed by atoms with Gasteiger partial charge in [-0.15, -0.1) is 0 Å². The number of aliphatic hydroxyl groups excluding tert-OH is 1. The molecule has 1 unspecified atom stereocenters. The van der Waals surface area contributed by atoms with Gasteiger partial charge >= 0.3 is 6.03 Å². The van der Waals surface area contributed by atoms with Crippen LogP contribution >= 0.6 is 0 Å². The maximum Gasteiger partial charge on any atom is 0.325 e. The number of amides is 3. The van der Waals surface area contributed by atoms with E-state index in [0.29, 0.717) is 36.5 Å². The molecule has 1 heterocycles. The van der Waals surface area contributed by atoms with Gasteiger partial charge in [-0.05, 0) is 61.3 Å². The molecule has 3 amide bonds. The van der Waals surface area contributed by atoms with Gasteiger partial charge in [-0.3, -0.25) is 14.5 Å². The van der Waals surface area contributed by atoms with Gasteiger partial charge in [0.1, 0.15) is 24.0 Å². The lowest BCUT2D eigenvalue weighted by Gasteiger charge is -2.42. The Bertz CT molecular complexity index is 840. The van der Waals surface area contributed by atoms with E-state index in [1.54, 1.807) is 31.2 Å². The van der Waals surface area contributed by atoms with Crippen molar-refractivity contribution >= 4 is 17.7 Å². The Morgan fingerprint density at radius 2 is 1.84 bits per heavy atom. The van der Waals surface area contributed by atoms with Gasteiger partial charge < -0.3 is 15.2 Å². The highest BCUT2D eigenvalue weighted by molar-refractivity contribution is 6.07. The van der Waals surface area contributed by atoms with Crippen molar-refractivity contribution < 1.29 is 24.2 Å². The predicted molar refractivity (Wildman–Crippen MR) is 122 cm³/mol. The van der Waals surface area contributed by atoms with E-state index in [0.717, 1.165) is 24.2 Å². The van der Waals surface area contributed by atoms with Gasteiger partial charge in [0.15, 0.2) is 5.78 Å². The molecule has 1 atom stereocenters. The third kappa shape index (κ3) is 4.98. The van der Waals surface area contributed by atoms with Crippen LogP contribution in [0.5, 0.6) is 5.75 Å². The van der Waals surface area contributed by atoms with Gasteiger partial charge in [-0.2, -0.15) is 0 Å². The van der Waals surface area contributed by atoms with Crippen molar-refractivity contribution in [2.24, 2.45) is 11.3 Å². The zero-order valence-electron chi connectivity index (χ0n) is 19.6. The third-order valence-corrected chi connectivity index (χ3v) is 7.43. The van der Waals surface area contributed by atoms with Crippen molar-refractivity contribution in [1.82, 2.24) is 10.2 Å². The Morgan fingerprint density at radius 3 is 2.41 bits per heavy atom. The van der Waals surface area contributed by atoms with Crippen molar-refractivity contribution in [2.75, 3.05) is 13.2 Å². The van der Waals surface area contributed by atoms with Crippen LogP contribution in [0.25, 0.3) is 0 Å². The fraction of sp³-hybridized carbons (Fsp3) is 0.640. The summed E-state index contributed by atoms with van der Waals surface area (Å²) in [5.74, 6) is 0.866. The number of urea groups is 1. The van der Waals surface area contributed by atoms with Crippen LogP contribution in [0.4, 0.5) is 4.79 Å². The number of rotatable bonds is 9. The first-order valence-corrected chi connectivity index (χ1v) is 11.7. The van der Waals surface area contributed by atoms with Gasteiger partial charge in [0.25, 0.3) is 5.91 Å². The van der Waals surface area contributed by atoms with Gasteiger partial charge in [-0.25, -0.2) is 4.79 Å². The minimum absolute atomic E-state index is 0.0522. The Morgan fingerprint density at radius 1 is 1.22 bits per heavy atom. The van der Waals surface area contributed by atoms with Crippen LogP contribution in [-0.2, 0) is 4.79 Å². The van der Waals surface area contributed by atoms with Crippen LogP contribution < -0.4 is 10.1 Å². The zero-order chi connectivity index (χ0) is 23.5. The van der Waals surface area contributed by atoms with Crippen molar-refractivity contribution in [3.05, 3.63) is 29.8 Å². The van der Waals surface area contributed by atoms with Gasteiger partial charge in [0, 0.05) is 12.0 Å². The highest BCUT2D eigenvalue weighted by Gasteiger charge is 2.53. The van der Waals surface area contributed by atoms with Gasteiger partial charge in [0.2, 0.25) is 0 Å². The Labute approximate surface area is 190 Å². The first-order valence-electron chi connectivity index (χ1n) is 11.7. The highest BCUT2D eigenvalue weighted by atomic mass is 16.5. The van der Waals surface area contributed by atoms with Crippen molar-refractivity contribution in [3.63, 3.8) is 0 Å². The summed E-state index contributed by atoms with van der Waals surface area (Å²) in [6.45, 7) is 8.36. The standard InChI is InChI=1S/C25H36N2O5/c1-5-21(29)17-7-9-20(10-8-17)32-16-19(28)15-27-22(30)25(26-23(27)31)13-11-18(12-14-25)24(3,4)6-2/h7-10,18-19,28H,5-6,11-16H2,1-4H3,(H,26,31). The minimum atomic E-state index is -1.01. The number of carbonyl (C=O) groups excluding carboxylic acids is 3. The molecule has 1 aromatic carbocycles. The van der Waals surface area contributed by atoms with E-state index < -0.39 is 17.7 Å². The Hall–Kier alpha value is -2.41. The second-order valence-corrected chi connectivity index (χ2v) is 9.81. The lowest BCUT2D eigenvalue weighted by Crippen LogP contribution is -2.51. The summed E-state index contributed by atoms with van der Waals surface area (Å²) < 4.78 is 5.59. The molecule has 0 aromatic heterocycles. The molecule has 7 heteroatoms. The van der Waals surface area contributed by atoms with Crippen molar-refractivity contribution in [1.29, 1.82) is 0 Å². The predicted octanol–water partition coefficient (Wildman–Crippen LogP) is 3.94. The van der Waals surface area contributed by atoms with Crippen LogP contribution in [0.1, 0.15) is 76.6 Å². The van der Waals surface area contributed by atoms with E-state index in [-0.39, 0.29) is 30.3 Å². The molecule has 176 valence electrons. The van der Waals surface area contributed by atoms with Crippen molar-refractivity contribution in [3.8, 4) is 5.75 Å². The number of benzene rings is 1. The normalized spacial score (nSPS) is 24.5. The molecule has 0 radical (unpaired) electrons. The summed E-state index contributed by atoms with van der Waals surface area (Å²) in [6.07, 6.45) is 3.60. The molecule has 1 aliphatic carbocycles. The number of ketones is 1. The SMILES string of the molecule is CCC(=O)c1ccc(OCC(O)CN2C(=O)NC3(CCC(C(C)(C)CC)CC3)C2=O)cc1. The van der Waals surface area contributed by atoms with Crippen LogP contribution in [0.15, 0.2) is 24.3 Å². The van der Waals surface area contributed by atoms with Crippen LogP contribution in [0, 0.1) is 11.3 Å². The first kappa shape index (κ1) is 24.2. The highest BCUT2D eigenvalue weighted by Crippen LogP contribution is 2.45. The number of ether oxygens (including phenoxy) is 1. The van der Waals surface area contributed by atoms with E-state index in [2.05, 4.69) is 26.1 Å².